The molecular formula is C17H12BrFN4O. The van der Waals surface area contributed by atoms with Crippen LogP contribution in [0.1, 0.15) is 24.4 Å². The van der Waals surface area contributed by atoms with Crippen LogP contribution < -0.4 is 5.32 Å². The van der Waals surface area contributed by atoms with Gasteiger partial charge in [0.2, 0.25) is 5.91 Å². The molecule has 5 rings (SSSR count). The minimum atomic E-state index is -0.579. The van der Waals surface area contributed by atoms with E-state index in [0.29, 0.717) is 22.8 Å². The van der Waals surface area contributed by atoms with Crippen molar-refractivity contribution in [3.63, 3.8) is 0 Å². The van der Waals surface area contributed by atoms with Crippen molar-refractivity contribution in [3.8, 4) is 0 Å². The van der Waals surface area contributed by atoms with Crippen LogP contribution in [0.4, 0.5) is 10.1 Å². The van der Waals surface area contributed by atoms with Crippen molar-refractivity contribution in [1.29, 1.82) is 0 Å². The zero-order chi connectivity index (χ0) is 16.5. The summed E-state index contributed by atoms with van der Waals surface area (Å²) in [6.07, 6.45) is 6.65. The van der Waals surface area contributed by atoms with Gasteiger partial charge in [-0.25, -0.2) is 4.39 Å². The van der Waals surface area contributed by atoms with Crippen LogP contribution >= 0.6 is 15.9 Å². The maximum atomic E-state index is 13.8. The Bertz CT molecular complexity index is 995. The summed E-state index contributed by atoms with van der Waals surface area (Å²) < 4.78 is 16.1. The van der Waals surface area contributed by atoms with Gasteiger partial charge in [0.1, 0.15) is 5.82 Å². The van der Waals surface area contributed by atoms with Crippen LogP contribution in [-0.4, -0.2) is 20.7 Å². The first-order valence-electron chi connectivity index (χ1n) is 7.67. The number of hydrogen-bond acceptors (Lipinski definition) is 3. The van der Waals surface area contributed by atoms with E-state index in [1.807, 2.05) is 16.9 Å². The molecule has 3 heterocycles. The molecule has 1 aliphatic carbocycles. The summed E-state index contributed by atoms with van der Waals surface area (Å²) in [5.41, 5.74) is 1.64. The molecule has 2 aromatic heterocycles. The summed E-state index contributed by atoms with van der Waals surface area (Å²) in [5.74, 6) is -0.361. The van der Waals surface area contributed by atoms with E-state index in [9.17, 15) is 9.18 Å². The first-order chi connectivity index (χ1) is 11.6. The normalized spacial score (nSPS) is 24.9. The van der Waals surface area contributed by atoms with Crippen molar-refractivity contribution in [2.45, 2.75) is 24.3 Å². The summed E-state index contributed by atoms with van der Waals surface area (Å²) >= 11 is 3.24. The molecule has 1 saturated carbocycles. The molecule has 1 aromatic carbocycles. The molecule has 0 saturated heterocycles. The number of nitrogens with one attached hydrogen (secondary N) is 1. The average Bonchev–Trinajstić information content (AvgIpc) is 3.12. The fourth-order valence-corrected chi connectivity index (χ4v) is 4.31. The summed E-state index contributed by atoms with van der Waals surface area (Å²) in [4.78, 5) is 17.0. The Morgan fingerprint density at radius 1 is 1.38 bits per heavy atom. The Labute approximate surface area is 145 Å². The number of carbonyl (C=O) groups excluding carboxylic acids is 1. The van der Waals surface area contributed by atoms with Gasteiger partial charge in [-0.3, -0.25) is 14.5 Å². The molecule has 5 nitrogen and oxygen atoms in total. The molecule has 2 aliphatic rings. The van der Waals surface area contributed by atoms with E-state index in [-0.39, 0.29) is 17.8 Å². The van der Waals surface area contributed by atoms with E-state index in [0.717, 1.165) is 16.6 Å². The summed E-state index contributed by atoms with van der Waals surface area (Å²) in [6.45, 7) is 0. The highest BCUT2D eigenvalue weighted by Gasteiger charge is 2.57. The van der Waals surface area contributed by atoms with Gasteiger partial charge in [-0.05, 0) is 40.9 Å². The first kappa shape index (κ1) is 14.1. The molecule has 1 amide bonds. The summed E-state index contributed by atoms with van der Waals surface area (Å²) in [5, 5.41) is 8.04. The van der Waals surface area contributed by atoms with E-state index in [1.165, 1.54) is 6.07 Å². The maximum Gasteiger partial charge on any atom is 0.235 e. The number of anilines is 1. The Kier molecular flexibility index (Phi) is 2.72. The molecule has 120 valence electrons. The van der Waals surface area contributed by atoms with Crippen molar-refractivity contribution >= 4 is 38.4 Å². The average molecular weight is 387 g/mol. The van der Waals surface area contributed by atoms with E-state index >= 15 is 0 Å². The van der Waals surface area contributed by atoms with Crippen molar-refractivity contribution < 1.29 is 9.18 Å². The largest absolute Gasteiger partial charge is 0.324 e. The molecule has 3 aromatic rings. The van der Waals surface area contributed by atoms with Crippen molar-refractivity contribution in [2.24, 2.45) is 0 Å². The zero-order valence-corrected chi connectivity index (χ0v) is 14.0. The third kappa shape index (κ3) is 1.70. The second-order valence-corrected chi connectivity index (χ2v) is 7.27. The number of nitrogens with zero attached hydrogens (tertiary/aromatic N) is 3. The van der Waals surface area contributed by atoms with Gasteiger partial charge in [0, 0.05) is 29.4 Å². The maximum absolute atomic E-state index is 13.8. The standard InChI is InChI=1S/C17H12BrFN4O/c18-11-4-10-13(5-12(11)19)20-8-14-15(10)17(16(24)22-14)6-9(7-17)23-3-1-2-21-23/h1-5,8-9H,6-7H2,(H,22,24). The Balaban J connectivity index is 1.67. The second-order valence-electron chi connectivity index (χ2n) is 6.41. The highest BCUT2D eigenvalue weighted by Crippen LogP contribution is 2.57. The monoisotopic (exact) mass is 386 g/mol. The molecule has 7 heteroatoms. The van der Waals surface area contributed by atoms with Gasteiger partial charge >= 0.3 is 0 Å². The molecule has 0 unspecified atom stereocenters. The molecule has 0 radical (unpaired) electrons. The summed E-state index contributed by atoms with van der Waals surface area (Å²) in [6, 6.07) is 5.20. The minimum Gasteiger partial charge on any atom is -0.324 e. The third-order valence-electron chi connectivity index (χ3n) is 5.14. The zero-order valence-electron chi connectivity index (χ0n) is 12.5. The molecule has 1 aliphatic heterocycles. The number of amides is 1. The number of fused-ring (bicyclic) bond motifs is 4. The van der Waals surface area contributed by atoms with Crippen LogP contribution in [0.2, 0.25) is 0 Å². The highest BCUT2D eigenvalue weighted by molar-refractivity contribution is 9.10. The van der Waals surface area contributed by atoms with Gasteiger partial charge in [-0.1, -0.05) is 0 Å². The van der Waals surface area contributed by atoms with E-state index in [1.54, 1.807) is 18.5 Å². The van der Waals surface area contributed by atoms with Gasteiger partial charge in [0.25, 0.3) is 0 Å². The molecule has 0 bridgehead atoms. The fourth-order valence-electron chi connectivity index (χ4n) is 3.97. The van der Waals surface area contributed by atoms with Crippen molar-refractivity contribution in [2.75, 3.05) is 5.32 Å². The Morgan fingerprint density at radius 3 is 2.96 bits per heavy atom. The number of hydrogen-bond donors (Lipinski definition) is 1. The number of pyridine rings is 1. The van der Waals surface area contributed by atoms with Gasteiger partial charge < -0.3 is 5.32 Å². The lowest BCUT2D eigenvalue weighted by atomic mass is 9.61. The minimum absolute atomic E-state index is 0.00402. The van der Waals surface area contributed by atoms with Crippen LogP contribution in [-0.2, 0) is 10.2 Å². The van der Waals surface area contributed by atoms with E-state index in [2.05, 4.69) is 31.3 Å². The molecular weight excluding hydrogens is 375 g/mol. The van der Waals surface area contributed by atoms with Crippen LogP contribution in [0.25, 0.3) is 10.9 Å². The predicted octanol–water partition coefficient (Wildman–Crippen LogP) is 3.56. The molecule has 1 fully saturated rings. The molecule has 1 N–H and O–H groups in total. The third-order valence-corrected chi connectivity index (χ3v) is 5.75. The number of rotatable bonds is 1. The van der Waals surface area contributed by atoms with Crippen LogP contribution in [0, 0.1) is 5.82 Å². The van der Waals surface area contributed by atoms with Crippen molar-refractivity contribution in [3.05, 3.63) is 52.6 Å². The molecule has 0 atom stereocenters. The first-order valence-corrected chi connectivity index (χ1v) is 8.47. The quantitative estimate of drug-likeness (QED) is 0.695. The molecule has 24 heavy (non-hydrogen) atoms. The Hall–Kier alpha value is -2.28. The van der Waals surface area contributed by atoms with E-state index in [4.69, 9.17) is 0 Å². The smallest absolute Gasteiger partial charge is 0.235 e. The number of carbonyl (C=O) groups is 1. The lowest BCUT2D eigenvalue weighted by Crippen LogP contribution is -2.47. The fraction of sp³-hybridized carbons (Fsp3) is 0.235. The van der Waals surface area contributed by atoms with Gasteiger partial charge in [-0.15, -0.1) is 0 Å². The van der Waals surface area contributed by atoms with Crippen LogP contribution in [0.15, 0.2) is 41.3 Å². The number of benzene rings is 1. The lowest BCUT2D eigenvalue weighted by Gasteiger charge is -2.43. The van der Waals surface area contributed by atoms with Gasteiger partial charge in [-0.2, -0.15) is 5.10 Å². The topological polar surface area (TPSA) is 59.8 Å². The SMILES string of the molecule is O=C1Nc2cnc3cc(F)c(Br)cc3c2C12CC(n1cccn1)C2. The summed E-state index contributed by atoms with van der Waals surface area (Å²) in [7, 11) is 0. The van der Waals surface area contributed by atoms with Crippen LogP contribution in [0.3, 0.4) is 0 Å². The van der Waals surface area contributed by atoms with Crippen LogP contribution in [0.5, 0.6) is 0 Å². The predicted molar refractivity (Wildman–Crippen MR) is 90.2 cm³/mol. The Morgan fingerprint density at radius 2 is 2.21 bits per heavy atom. The molecule has 1 spiro atoms. The highest BCUT2D eigenvalue weighted by atomic mass is 79.9. The number of halogens is 2. The van der Waals surface area contributed by atoms with Gasteiger partial charge in [0.15, 0.2) is 0 Å². The lowest BCUT2D eigenvalue weighted by molar-refractivity contribution is -0.125. The second kappa shape index (κ2) is 4.63. The van der Waals surface area contributed by atoms with E-state index < -0.39 is 5.41 Å². The number of aromatic nitrogens is 3. The van der Waals surface area contributed by atoms with Crippen molar-refractivity contribution in [1.82, 2.24) is 14.8 Å². The van der Waals surface area contributed by atoms with Gasteiger partial charge in [0.05, 0.1) is 33.3 Å².